The highest BCUT2D eigenvalue weighted by molar-refractivity contribution is 5.72. The van der Waals surface area contributed by atoms with Crippen molar-refractivity contribution >= 4 is 6.21 Å². The monoisotopic (exact) mass is 311 g/mol. The van der Waals surface area contributed by atoms with Gasteiger partial charge in [-0.15, -0.1) is 12.8 Å². The molecule has 0 unspecified atom stereocenters. The Labute approximate surface area is 144 Å². The molecule has 0 saturated heterocycles. The van der Waals surface area contributed by atoms with Crippen LogP contribution in [0.5, 0.6) is 0 Å². The molecule has 1 heterocycles. The first-order valence-corrected chi connectivity index (χ1v) is 8.56. The number of hydrogen-bond acceptors (Lipinski definition) is 1. The molecule has 1 aromatic carbocycles. The summed E-state index contributed by atoms with van der Waals surface area (Å²) in [6.45, 7) is 13.2. The molecule has 0 fully saturated rings. The summed E-state index contributed by atoms with van der Waals surface area (Å²) >= 11 is 0. The molecule has 0 aliphatic carbocycles. The maximum atomic E-state index is 4.34. The van der Waals surface area contributed by atoms with Crippen molar-refractivity contribution in [2.45, 2.75) is 54.4 Å². The molecule has 0 aromatic heterocycles. The Morgan fingerprint density at radius 1 is 1.00 bits per heavy atom. The van der Waals surface area contributed by atoms with E-state index in [0.29, 0.717) is 0 Å². The highest BCUT2D eigenvalue weighted by Gasteiger charge is 2.04. The summed E-state index contributed by atoms with van der Waals surface area (Å²) in [4.78, 5) is 4.34. The Morgan fingerprint density at radius 2 is 1.65 bits per heavy atom. The lowest BCUT2D eigenvalue weighted by Crippen LogP contribution is -1.99. The fourth-order valence-electron chi connectivity index (χ4n) is 2.14. The number of rotatable bonds is 3. The van der Waals surface area contributed by atoms with Crippen molar-refractivity contribution in [1.29, 1.82) is 0 Å². The third-order valence-corrected chi connectivity index (χ3v) is 3.09. The first-order valence-electron chi connectivity index (χ1n) is 8.56. The van der Waals surface area contributed by atoms with Crippen LogP contribution in [0.25, 0.3) is 0 Å². The van der Waals surface area contributed by atoms with Gasteiger partial charge in [0.25, 0.3) is 0 Å². The number of hydrogen-bond donors (Lipinski definition) is 0. The minimum absolute atomic E-state index is 0.823. The standard InChI is InChI=1S/C16H19N.2C2H6.C2H2/c1-3-15-10-13(2)7-8-16(15)11-14-6-4-5-9-17-12-14;3*1-2/h4-10H,3,11-12H2,1-2H3;2*1-2H3;1-2H. The van der Waals surface area contributed by atoms with Gasteiger partial charge in [0.15, 0.2) is 0 Å². The number of allylic oxidation sites excluding steroid dienone is 3. The summed E-state index contributed by atoms with van der Waals surface area (Å²) in [6, 6.07) is 6.75. The summed E-state index contributed by atoms with van der Waals surface area (Å²) in [5.74, 6) is 0. The maximum absolute atomic E-state index is 4.34. The van der Waals surface area contributed by atoms with Crippen LogP contribution < -0.4 is 0 Å². The van der Waals surface area contributed by atoms with Crippen molar-refractivity contribution in [3.8, 4) is 12.8 Å². The SMILES string of the molecule is C#C.CC.CC.CCc1cc(C)ccc1CC1=CC=CC=NC1. The van der Waals surface area contributed by atoms with Gasteiger partial charge in [-0.2, -0.15) is 0 Å². The normalized spacial score (nSPS) is 11.4. The fourth-order valence-corrected chi connectivity index (χ4v) is 2.14. The molecule has 126 valence electrons. The van der Waals surface area contributed by atoms with Crippen LogP contribution in [0, 0.1) is 19.8 Å². The zero-order valence-corrected chi connectivity index (χ0v) is 15.8. The molecule has 1 heteroatoms. The molecule has 2 rings (SSSR count). The van der Waals surface area contributed by atoms with Crippen LogP contribution in [-0.2, 0) is 12.8 Å². The van der Waals surface area contributed by atoms with E-state index < -0.39 is 0 Å². The molecule has 1 aromatic rings. The lowest BCUT2D eigenvalue weighted by atomic mass is 9.96. The second kappa shape index (κ2) is 16.3. The van der Waals surface area contributed by atoms with E-state index in [1.807, 2.05) is 40.0 Å². The topological polar surface area (TPSA) is 12.4 Å². The van der Waals surface area contributed by atoms with Crippen molar-refractivity contribution in [3.63, 3.8) is 0 Å². The average Bonchev–Trinajstić information content (AvgIpc) is 2.90. The van der Waals surface area contributed by atoms with E-state index in [4.69, 9.17) is 0 Å². The lowest BCUT2D eigenvalue weighted by molar-refractivity contribution is 1.000. The van der Waals surface area contributed by atoms with Gasteiger partial charge in [0.05, 0.1) is 6.54 Å². The van der Waals surface area contributed by atoms with E-state index in [0.717, 1.165) is 19.4 Å². The predicted molar refractivity (Wildman–Crippen MR) is 107 cm³/mol. The molecular formula is C22H33N. The van der Waals surface area contributed by atoms with Gasteiger partial charge in [-0.05, 0) is 42.5 Å². The zero-order chi connectivity index (χ0) is 18.1. The number of terminal acetylenes is 1. The van der Waals surface area contributed by atoms with Gasteiger partial charge in [0.1, 0.15) is 0 Å². The second-order valence-corrected chi connectivity index (χ2v) is 4.50. The third kappa shape index (κ3) is 9.53. The Hall–Kier alpha value is -2.07. The van der Waals surface area contributed by atoms with E-state index in [2.05, 4.69) is 62.0 Å². The van der Waals surface area contributed by atoms with Crippen molar-refractivity contribution in [2.75, 3.05) is 6.54 Å². The summed E-state index contributed by atoms with van der Waals surface area (Å²) in [7, 11) is 0. The molecule has 0 spiro atoms. The van der Waals surface area contributed by atoms with Crippen LogP contribution in [0.3, 0.4) is 0 Å². The Morgan fingerprint density at radius 3 is 2.26 bits per heavy atom. The number of aryl methyl sites for hydroxylation is 2. The molecule has 1 nitrogen and oxygen atoms in total. The van der Waals surface area contributed by atoms with Crippen molar-refractivity contribution < 1.29 is 0 Å². The number of benzene rings is 1. The quantitative estimate of drug-likeness (QED) is 0.610. The van der Waals surface area contributed by atoms with E-state index in [9.17, 15) is 0 Å². The molecular weight excluding hydrogens is 278 g/mol. The Balaban J connectivity index is 0. The van der Waals surface area contributed by atoms with E-state index in [1.165, 1.54) is 22.3 Å². The van der Waals surface area contributed by atoms with Gasteiger partial charge in [-0.25, -0.2) is 0 Å². The molecule has 0 N–H and O–H groups in total. The van der Waals surface area contributed by atoms with Gasteiger partial charge < -0.3 is 0 Å². The first-order chi connectivity index (χ1) is 11.3. The van der Waals surface area contributed by atoms with Gasteiger partial charge in [-0.3, -0.25) is 4.99 Å². The first kappa shape index (κ1) is 23.2. The van der Waals surface area contributed by atoms with Gasteiger partial charge in [-0.1, -0.05) is 70.5 Å². The Kier molecular flexibility index (Phi) is 16.4. The summed E-state index contributed by atoms with van der Waals surface area (Å²) in [6.07, 6.45) is 18.2. The molecule has 0 atom stereocenters. The summed E-state index contributed by atoms with van der Waals surface area (Å²) in [5, 5.41) is 0. The third-order valence-electron chi connectivity index (χ3n) is 3.09. The highest BCUT2D eigenvalue weighted by atomic mass is 14.7. The van der Waals surface area contributed by atoms with Gasteiger partial charge >= 0.3 is 0 Å². The molecule has 0 radical (unpaired) electrons. The minimum Gasteiger partial charge on any atom is -0.289 e. The molecule has 1 aliphatic heterocycles. The van der Waals surface area contributed by atoms with Crippen LogP contribution in [0.4, 0.5) is 0 Å². The van der Waals surface area contributed by atoms with Crippen LogP contribution in [0.1, 0.15) is 51.3 Å². The van der Waals surface area contributed by atoms with Gasteiger partial charge in [0.2, 0.25) is 0 Å². The lowest BCUT2D eigenvalue weighted by Gasteiger charge is -2.10. The molecule has 0 saturated carbocycles. The van der Waals surface area contributed by atoms with Crippen LogP contribution >= 0.6 is 0 Å². The fraction of sp³-hybridized carbons (Fsp3) is 0.409. The zero-order valence-electron chi connectivity index (χ0n) is 15.8. The predicted octanol–water partition coefficient (Wildman–Crippen LogP) is 5.97. The molecule has 0 bridgehead atoms. The maximum Gasteiger partial charge on any atom is 0.0605 e. The number of nitrogens with zero attached hydrogens (tertiary/aromatic N) is 1. The molecule has 0 amide bonds. The van der Waals surface area contributed by atoms with E-state index >= 15 is 0 Å². The molecule has 1 aliphatic rings. The molecule has 23 heavy (non-hydrogen) atoms. The van der Waals surface area contributed by atoms with Crippen molar-refractivity contribution in [1.82, 2.24) is 0 Å². The van der Waals surface area contributed by atoms with Crippen molar-refractivity contribution in [3.05, 3.63) is 58.7 Å². The van der Waals surface area contributed by atoms with Crippen LogP contribution in [0.2, 0.25) is 0 Å². The van der Waals surface area contributed by atoms with Crippen LogP contribution in [0.15, 0.2) is 47.0 Å². The van der Waals surface area contributed by atoms with E-state index in [-0.39, 0.29) is 0 Å². The van der Waals surface area contributed by atoms with Crippen molar-refractivity contribution in [2.24, 2.45) is 4.99 Å². The summed E-state index contributed by atoms with van der Waals surface area (Å²) < 4.78 is 0. The largest absolute Gasteiger partial charge is 0.289 e. The van der Waals surface area contributed by atoms with Crippen LogP contribution in [-0.4, -0.2) is 12.8 Å². The minimum atomic E-state index is 0.823. The smallest absolute Gasteiger partial charge is 0.0605 e. The van der Waals surface area contributed by atoms with Gasteiger partial charge in [0, 0.05) is 6.21 Å². The Bertz CT molecular complexity index is 516. The second-order valence-electron chi connectivity index (χ2n) is 4.50. The van der Waals surface area contributed by atoms with E-state index in [1.54, 1.807) is 0 Å². The number of aliphatic imine (C=N–C) groups is 1. The average molecular weight is 312 g/mol. The highest BCUT2D eigenvalue weighted by Crippen LogP contribution is 2.17. The summed E-state index contributed by atoms with van der Waals surface area (Å²) in [5.41, 5.74) is 5.63.